The van der Waals surface area contributed by atoms with E-state index >= 15 is 0 Å². The van der Waals surface area contributed by atoms with Gasteiger partial charge in [0, 0.05) is 6.42 Å². The van der Waals surface area contributed by atoms with Crippen molar-refractivity contribution in [1.29, 1.82) is 0 Å². The van der Waals surface area contributed by atoms with Crippen LogP contribution in [-0.4, -0.2) is 12.4 Å². The Labute approximate surface area is 91.2 Å². The first-order chi connectivity index (χ1) is 7.15. The first kappa shape index (κ1) is 10.7. The highest BCUT2D eigenvalue weighted by molar-refractivity contribution is 5.23. The number of hydrogen-bond donors (Lipinski definition) is 0. The van der Waals surface area contributed by atoms with Crippen LogP contribution in [0.4, 0.5) is 0 Å². The molecule has 0 amide bonds. The van der Waals surface area contributed by atoms with E-state index in [2.05, 4.69) is 38.1 Å². The van der Waals surface area contributed by atoms with Gasteiger partial charge in [-0.05, 0) is 26.3 Å². The molecule has 1 aliphatic heterocycles. The number of aryl methyl sites for hydroxylation is 1. The predicted octanol–water partition coefficient (Wildman–Crippen LogP) is 3.21. The Morgan fingerprint density at radius 2 is 1.73 bits per heavy atom. The summed E-state index contributed by atoms with van der Waals surface area (Å²) in [6, 6.07) is 8.54. The molecule has 0 radical (unpaired) electrons. The Hall–Kier alpha value is -0.860. The molecule has 3 atom stereocenters. The van der Waals surface area contributed by atoms with Crippen molar-refractivity contribution in [2.45, 2.75) is 45.7 Å². The Bertz CT molecular complexity index is 308. The zero-order valence-corrected chi connectivity index (χ0v) is 9.57. The lowest BCUT2D eigenvalue weighted by atomic mass is 10.0. The molecule has 1 aromatic rings. The summed E-state index contributed by atoms with van der Waals surface area (Å²) in [5.74, 6) is 0. The van der Waals surface area contributed by atoms with Gasteiger partial charge in [0.2, 0.25) is 0 Å². The fraction of sp³-hybridized carbons (Fsp3) is 0.538. The summed E-state index contributed by atoms with van der Waals surface area (Å²) in [6.45, 7) is 6.15. The fourth-order valence-corrected chi connectivity index (χ4v) is 2.00. The maximum Gasteiger partial charge on any atom is 0.155 e. The topological polar surface area (TPSA) is 18.5 Å². The summed E-state index contributed by atoms with van der Waals surface area (Å²) >= 11 is 0. The van der Waals surface area contributed by atoms with Crippen LogP contribution < -0.4 is 0 Å². The summed E-state index contributed by atoms with van der Waals surface area (Å²) in [6.07, 6.45) is 1.30. The summed E-state index contributed by atoms with van der Waals surface area (Å²) in [5.41, 5.74) is 2.54. The molecule has 1 heterocycles. The summed E-state index contributed by atoms with van der Waals surface area (Å²) in [5, 5.41) is 0. The summed E-state index contributed by atoms with van der Waals surface area (Å²) in [7, 11) is 0. The van der Waals surface area contributed by atoms with E-state index in [0.717, 1.165) is 6.42 Å². The molecule has 0 unspecified atom stereocenters. The molecular weight excluding hydrogens is 188 g/mol. The van der Waals surface area contributed by atoms with Gasteiger partial charge < -0.3 is 9.47 Å². The number of rotatable bonds is 1. The largest absolute Gasteiger partial charge is 0.350 e. The Balaban J connectivity index is 2.12. The van der Waals surface area contributed by atoms with Crippen molar-refractivity contribution in [3.05, 3.63) is 35.4 Å². The zero-order valence-electron chi connectivity index (χ0n) is 9.57. The smallest absolute Gasteiger partial charge is 0.155 e. The maximum absolute atomic E-state index is 5.76. The quantitative estimate of drug-likeness (QED) is 0.702. The molecule has 82 valence electrons. The molecule has 1 aromatic carbocycles. The van der Waals surface area contributed by atoms with Gasteiger partial charge >= 0.3 is 0 Å². The van der Waals surface area contributed by atoms with Gasteiger partial charge in [-0.25, -0.2) is 0 Å². The molecule has 0 saturated carbocycles. The van der Waals surface area contributed by atoms with Crippen molar-refractivity contribution < 1.29 is 9.47 Å². The van der Waals surface area contributed by atoms with Crippen LogP contribution in [0.3, 0.4) is 0 Å². The van der Waals surface area contributed by atoms with Gasteiger partial charge in [-0.1, -0.05) is 29.8 Å². The van der Waals surface area contributed by atoms with Gasteiger partial charge in [0.1, 0.15) is 0 Å². The van der Waals surface area contributed by atoms with Crippen molar-refractivity contribution in [2.75, 3.05) is 0 Å². The molecule has 0 N–H and O–H groups in total. The van der Waals surface area contributed by atoms with E-state index < -0.39 is 0 Å². The molecule has 2 rings (SSSR count). The Morgan fingerprint density at radius 1 is 1.07 bits per heavy atom. The van der Waals surface area contributed by atoms with Crippen LogP contribution >= 0.6 is 0 Å². The molecule has 1 saturated heterocycles. The highest BCUT2D eigenvalue weighted by Crippen LogP contribution is 2.30. The molecule has 1 fully saturated rings. The van der Waals surface area contributed by atoms with Gasteiger partial charge in [-0.2, -0.15) is 0 Å². The second-order valence-corrected chi connectivity index (χ2v) is 4.29. The molecule has 1 aliphatic rings. The lowest BCUT2D eigenvalue weighted by Crippen LogP contribution is -2.30. The van der Waals surface area contributed by atoms with Crippen molar-refractivity contribution in [1.82, 2.24) is 0 Å². The fourth-order valence-electron chi connectivity index (χ4n) is 2.00. The Morgan fingerprint density at radius 3 is 2.33 bits per heavy atom. The van der Waals surface area contributed by atoms with E-state index in [1.807, 2.05) is 6.92 Å². The molecular formula is C13H18O2. The molecule has 0 spiro atoms. The minimum atomic E-state index is -0.0972. The van der Waals surface area contributed by atoms with E-state index in [-0.39, 0.29) is 18.5 Å². The van der Waals surface area contributed by atoms with E-state index in [4.69, 9.17) is 9.47 Å². The van der Waals surface area contributed by atoms with Crippen LogP contribution in [-0.2, 0) is 9.47 Å². The third kappa shape index (κ3) is 2.58. The SMILES string of the molecule is Cc1ccc([C@H]2C[C@H](C)O[C@@H](C)O2)cc1. The van der Waals surface area contributed by atoms with Crippen molar-refractivity contribution in [2.24, 2.45) is 0 Å². The molecule has 2 nitrogen and oxygen atoms in total. The Kier molecular flexibility index (Phi) is 3.08. The number of hydrogen-bond acceptors (Lipinski definition) is 2. The van der Waals surface area contributed by atoms with Gasteiger partial charge in [-0.3, -0.25) is 0 Å². The summed E-state index contributed by atoms with van der Waals surface area (Å²) in [4.78, 5) is 0. The van der Waals surface area contributed by atoms with Crippen molar-refractivity contribution in [3.8, 4) is 0 Å². The number of benzene rings is 1. The van der Waals surface area contributed by atoms with Crippen molar-refractivity contribution >= 4 is 0 Å². The molecule has 2 heteroatoms. The van der Waals surface area contributed by atoms with E-state index in [1.54, 1.807) is 0 Å². The van der Waals surface area contributed by atoms with Crippen LogP contribution in [0.25, 0.3) is 0 Å². The van der Waals surface area contributed by atoms with E-state index in [0.29, 0.717) is 0 Å². The van der Waals surface area contributed by atoms with Crippen LogP contribution in [0.5, 0.6) is 0 Å². The first-order valence-corrected chi connectivity index (χ1v) is 5.52. The molecule has 0 aromatic heterocycles. The van der Waals surface area contributed by atoms with Gasteiger partial charge in [-0.15, -0.1) is 0 Å². The van der Waals surface area contributed by atoms with E-state index in [1.165, 1.54) is 11.1 Å². The minimum absolute atomic E-state index is 0.0972. The highest BCUT2D eigenvalue weighted by atomic mass is 16.7. The standard InChI is InChI=1S/C13H18O2/c1-9-4-6-12(7-5-9)13-8-10(2)14-11(3)15-13/h4-7,10-11,13H,8H2,1-3H3/t10-,11+,13+/m0/s1. The average molecular weight is 206 g/mol. The first-order valence-electron chi connectivity index (χ1n) is 5.52. The van der Waals surface area contributed by atoms with Gasteiger partial charge in [0.15, 0.2) is 6.29 Å². The second kappa shape index (κ2) is 4.33. The molecule has 0 bridgehead atoms. The monoisotopic (exact) mass is 206 g/mol. The lowest BCUT2D eigenvalue weighted by Gasteiger charge is -2.32. The highest BCUT2D eigenvalue weighted by Gasteiger charge is 2.25. The van der Waals surface area contributed by atoms with Crippen LogP contribution in [0.15, 0.2) is 24.3 Å². The van der Waals surface area contributed by atoms with Crippen LogP contribution in [0.2, 0.25) is 0 Å². The normalized spacial score (nSPS) is 31.5. The van der Waals surface area contributed by atoms with E-state index in [9.17, 15) is 0 Å². The minimum Gasteiger partial charge on any atom is -0.350 e. The summed E-state index contributed by atoms with van der Waals surface area (Å²) < 4.78 is 11.3. The predicted molar refractivity (Wildman–Crippen MR) is 59.6 cm³/mol. The number of ether oxygens (including phenoxy) is 2. The third-order valence-corrected chi connectivity index (χ3v) is 2.77. The zero-order chi connectivity index (χ0) is 10.8. The maximum atomic E-state index is 5.76. The van der Waals surface area contributed by atoms with Crippen LogP contribution in [0, 0.1) is 6.92 Å². The van der Waals surface area contributed by atoms with Crippen molar-refractivity contribution in [3.63, 3.8) is 0 Å². The van der Waals surface area contributed by atoms with Crippen LogP contribution in [0.1, 0.15) is 37.5 Å². The van der Waals surface area contributed by atoms with Gasteiger partial charge in [0.05, 0.1) is 12.2 Å². The average Bonchev–Trinajstić information content (AvgIpc) is 2.17. The lowest BCUT2D eigenvalue weighted by molar-refractivity contribution is -0.231. The molecule has 15 heavy (non-hydrogen) atoms. The van der Waals surface area contributed by atoms with Gasteiger partial charge in [0.25, 0.3) is 0 Å². The third-order valence-electron chi connectivity index (χ3n) is 2.77. The molecule has 0 aliphatic carbocycles. The second-order valence-electron chi connectivity index (χ2n) is 4.29.